The van der Waals surface area contributed by atoms with Crippen molar-refractivity contribution in [3.8, 4) is 5.75 Å². The van der Waals surface area contributed by atoms with Crippen molar-refractivity contribution in [3.63, 3.8) is 0 Å². The second-order valence-corrected chi connectivity index (χ2v) is 13.8. The summed E-state index contributed by atoms with van der Waals surface area (Å²) in [5, 5.41) is 10.9. The minimum absolute atomic E-state index is 0.274. The molecule has 0 saturated heterocycles. The standard InChI is InChI=1S/C34H58O3/c1-9-33(10-2)20-16-27(17-21-33)36-31(5,6)24-26-14-13-15-30(35)29(26)25-32(7,8)37-28-18-22-34(11-3,12-4)23-19-28/h13-15,27-28,35H,9-12,16-25H2,1-8H3. The predicted octanol–water partition coefficient (Wildman–Crippen LogP) is 9.57. The normalized spacial score (nSPS) is 21.3. The molecule has 2 saturated carbocycles. The van der Waals surface area contributed by atoms with E-state index in [4.69, 9.17) is 9.47 Å². The van der Waals surface area contributed by atoms with Gasteiger partial charge in [-0.15, -0.1) is 0 Å². The van der Waals surface area contributed by atoms with E-state index in [9.17, 15) is 5.11 Å². The van der Waals surface area contributed by atoms with E-state index in [1.54, 1.807) is 0 Å². The highest BCUT2D eigenvalue weighted by atomic mass is 16.5. The van der Waals surface area contributed by atoms with Crippen LogP contribution in [-0.4, -0.2) is 28.5 Å². The van der Waals surface area contributed by atoms with Crippen LogP contribution in [-0.2, 0) is 22.3 Å². The molecule has 2 fully saturated rings. The van der Waals surface area contributed by atoms with Crippen LogP contribution in [0.15, 0.2) is 18.2 Å². The maximum Gasteiger partial charge on any atom is 0.119 e. The zero-order chi connectivity index (χ0) is 27.3. The molecule has 0 amide bonds. The lowest BCUT2D eigenvalue weighted by atomic mass is 9.69. The van der Waals surface area contributed by atoms with Gasteiger partial charge in [-0.25, -0.2) is 0 Å². The third-order valence-corrected chi connectivity index (χ3v) is 10.4. The topological polar surface area (TPSA) is 38.7 Å². The molecule has 0 bridgehead atoms. The fourth-order valence-corrected chi connectivity index (χ4v) is 7.42. The van der Waals surface area contributed by atoms with Crippen molar-refractivity contribution in [1.29, 1.82) is 0 Å². The molecule has 3 nitrogen and oxygen atoms in total. The minimum atomic E-state index is -0.325. The van der Waals surface area contributed by atoms with Crippen LogP contribution in [0.3, 0.4) is 0 Å². The van der Waals surface area contributed by atoms with Crippen molar-refractivity contribution in [3.05, 3.63) is 29.3 Å². The highest BCUT2D eigenvalue weighted by Crippen LogP contribution is 2.45. The average molecular weight is 515 g/mol. The first-order valence-electron chi connectivity index (χ1n) is 15.6. The Bertz CT molecular complexity index is 827. The highest BCUT2D eigenvalue weighted by Gasteiger charge is 2.37. The predicted molar refractivity (Wildman–Crippen MR) is 156 cm³/mol. The Morgan fingerprint density at radius 3 is 1.51 bits per heavy atom. The first kappa shape index (κ1) is 30.5. The molecule has 0 unspecified atom stereocenters. The van der Waals surface area contributed by atoms with Crippen LogP contribution in [0, 0.1) is 10.8 Å². The molecule has 0 spiro atoms. The molecule has 0 atom stereocenters. The molecule has 0 aliphatic heterocycles. The van der Waals surface area contributed by atoms with Gasteiger partial charge in [0, 0.05) is 12.8 Å². The van der Waals surface area contributed by atoms with Crippen LogP contribution in [0.25, 0.3) is 0 Å². The van der Waals surface area contributed by atoms with E-state index in [2.05, 4.69) is 61.5 Å². The summed E-state index contributed by atoms with van der Waals surface area (Å²) in [6.07, 6.45) is 17.0. The molecule has 2 aliphatic rings. The Hall–Kier alpha value is -1.06. The first-order chi connectivity index (χ1) is 17.4. The van der Waals surface area contributed by atoms with E-state index in [0.717, 1.165) is 37.7 Å². The summed E-state index contributed by atoms with van der Waals surface area (Å²) >= 11 is 0. The number of hydrogen-bond donors (Lipinski definition) is 1. The molecule has 1 aromatic carbocycles. The number of phenolic OH excluding ortho intramolecular Hbond substituents is 1. The van der Waals surface area contributed by atoms with Crippen molar-refractivity contribution in [1.82, 2.24) is 0 Å². The fraction of sp³-hybridized carbons (Fsp3) is 0.824. The van der Waals surface area contributed by atoms with Crippen LogP contribution in [0.5, 0.6) is 5.75 Å². The van der Waals surface area contributed by atoms with Gasteiger partial charge in [-0.1, -0.05) is 65.5 Å². The maximum atomic E-state index is 10.9. The molecular formula is C34H58O3. The van der Waals surface area contributed by atoms with Crippen molar-refractivity contribution in [2.75, 3.05) is 0 Å². The van der Waals surface area contributed by atoms with Crippen molar-refractivity contribution in [2.45, 2.75) is 169 Å². The Morgan fingerprint density at radius 2 is 1.11 bits per heavy atom. The molecular weight excluding hydrogens is 456 g/mol. The number of benzene rings is 1. The Labute approximate surface area is 229 Å². The maximum absolute atomic E-state index is 10.9. The third kappa shape index (κ3) is 7.98. The first-order valence-corrected chi connectivity index (χ1v) is 15.6. The van der Waals surface area contributed by atoms with Gasteiger partial charge < -0.3 is 14.6 Å². The monoisotopic (exact) mass is 514 g/mol. The molecule has 1 aromatic rings. The number of phenols is 1. The van der Waals surface area contributed by atoms with E-state index in [0.29, 0.717) is 35.2 Å². The van der Waals surface area contributed by atoms with Gasteiger partial charge in [0.1, 0.15) is 5.75 Å². The lowest BCUT2D eigenvalue weighted by Crippen LogP contribution is -2.39. The lowest BCUT2D eigenvalue weighted by molar-refractivity contribution is -0.100. The molecule has 0 aromatic heterocycles. The molecule has 0 radical (unpaired) electrons. The van der Waals surface area contributed by atoms with Gasteiger partial charge >= 0.3 is 0 Å². The second-order valence-electron chi connectivity index (χ2n) is 13.8. The van der Waals surface area contributed by atoms with Gasteiger partial charge in [0.05, 0.1) is 23.4 Å². The Balaban J connectivity index is 1.63. The summed E-state index contributed by atoms with van der Waals surface area (Å²) in [6, 6.07) is 5.98. The van der Waals surface area contributed by atoms with Gasteiger partial charge in [0.15, 0.2) is 0 Å². The van der Waals surface area contributed by atoms with Crippen LogP contribution < -0.4 is 0 Å². The summed E-state index contributed by atoms with van der Waals surface area (Å²) in [7, 11) is 0. The van der Waals surface area contributed by atoms with E-state index in [1.807, 2.05) is 12.1 Å². The summed E-state index contributed by atoms with van der Waals surface area (Å²) in [6.45, 7) is 18.2. The quantitative estimate of drug-likeness (QED) is 0.302. The van der Waals surface area contributed by atoms with Gasteiger partial charge in [-0.3, -0.25) is 0 Å². The molecule has 1 N–H and O–H groups in total. The molecule has 0 heterocycles. The fourth-order valence-electron chi connectivity index (χ4n) is 7.42. The number of hydrogen-bond acceptors (Lipinski definition) is 3. The van der Waals surface area contributed by atoms with Crippen molar-refractivity contribution >= 4 is 0 Å². The van der Waals surface area contributed by atoms with Crippen molar-refractivity contribution in [2.24, 2.45) is 10.8 Å². The van der Waals surface area contributed by atoms with Gasteiger partial charge in [0.25, 0.3) is 0 Å². The van der Waals surface area contributed by atoms with E-state index in [1.165, 1.54) is 56.9 Å². The molecule has 212 valence electrons. The van der Waals surface area contributed by atoms with Crippen LogP contribution in [0.1, 0.15) is 144 Å². The lowest BCUT2D eigenvalue weighted by Gasteiger charge is -2.42. The summed E-state index contributed by atoms with van der Waals surface area (Å²) < 4.78 is 13.5. The van der Waals surface area contributed by atoms with Crippen LogP contribution in [0.2, 0.25) is 0 Å². The van der Waals surface area contributed by atoms with Gasteiger partial charge in [-0.2, -0.15) is 0 Å². The number of aromatic hydroxyl groups is 1. The second kappa shape index (κ2) is 12.4. The van der Waals surface area contributed by atoms with Crippen molar-refractivity contribution < 1.29 is 14.6 Å². The van der Waals surface area contributed by atoms with Gasteiger partial charge in [0.2, 0.25) is 0 Å². The molecule has 3 rings (SSSR count). The zero-order valence-corrected chi connectivity index (χ0v) is 25.5. The largest absolute Gasteiger partial charge is 0.508 e. The summed E-state index contributed by atoms with van der Waals surface area (Å²) in [5.74, 6) is 0.387. The highest BCUT2D eigenvalue weighted by molar-refractivity contribution is 5.41. The number of rotatable bonds is 12. The Morgan fingerprint density at radius 1 is 0.703 bits per heavy atom. The van der Waals surface area contributed by atoms with E-state index in [-0.39, 0.29) is 11.2 Å². The van der Waals surface area contributed by atoms with Crippen LogP contribution in [0.4, 0.5) is 0 Å². The zero-order valence-electron chi connectivity index (χ0n) is 25.5. The summed E-state index contributed by atoms with van der Waals surface area (Å²) in [5.41, 5.74) is 2.66. The average Bonchev–Trinajstić information content (AvgIpc) is 2.87. The molecule has 2 aliphatic carbocycles. The van der Waals surface area contributed by atoms with Gasteiger partial charge in [-0.05, 0) is 107 Å². The molecule has 37 heavy (non-hydrogen) atoms. The minimum Gasteiger partial charge on any atom is -0.508 e. The van der Waals surface area contributed by atoms with E-state index < -0.39 is 0 Å². The SMILES string of the molecule is CCC1(CC)CCC(OC(C)(C)Cc2cccc(O)c2CC(C)(C)OC2CCC(CC)(CC)CC2)CC1. The summed E-state index contributed by atoms with van der Waals surface area (Å²) in [4.78, 5) is 0. The van der Waals surface area contributed by atoms with E-state index >= 15 is 0 Å². The smallest absolute Gasteiger partial charge is 0.119 e. The van der Waals surface area contributed by atoms with Crippen LogP contribution >= 0.6 is 0 Å². The third-order valence-electron chi connectivity index (χ3n) is 10.4. The Kier molecular flexibility index (Phi) is 10.2. The number of ether oxygens (including phenoxy) is 2. The molecule has 3 heteroatoms.